The Morgan fingerprint density at radius 1 is 0.667 bits per heavy atom. The lowest BCUT2D eigenvalue weighted by atomic mass is 9.96. The monoisotopic (exact) mass is 464 g/mol. The van der Waals surface area contributed by atoms with Gasteiger partial charge in [0.05, 0.1) is 13.2 Å². The molecule has 0 aliphatic carbocycles. The van der Waals surface area contributed by atoms with Crippen molar-refractivity contribution in [3.05, 3.63) is 0 Å². The van der Waals surface area contributed by atoms with Crippen LogP contribution in [-0.2, 0) is 29.7 Å². The molecule has 2 N–H and O–H groups in total. The summed E-state index contributed by atoms with van der Waals surface area (Å²) in [6.07, 6.45) is -11.7. The van der Waals surface area contributed by atoms with E-state index in [-0.39, 0.29) is 0 Å². The Hall–Kier alpha value is -0.820. The minimum atomic E-state index is -6.65. The van der Waals surface area contributed by atoms with Crippen LogP contribution >= 0.6 is 0 Å². The molecule has 0 fully saturated rings. The number of ether oxygens (including phenoxy) is 2. The van der Waals surface area contributed by atoms with Gasteiger partial charge >= 0.3 is 43.0 Å². The molecular formula is C9H12F8O8S2. The average molecular weight is 464 g/mol. The molecule has 27 heavy (non-hydrogen) atoms. The van der Waals surface area contributed by atoms with E-state index in [1.165, 1.54) is 0 Å². The second-order valence-corrected chi connectivity index (χ2v) is 8.68. The van der Waals surface area contributed by atoms with E-state index in [0.29, 0.717) is 13.8 Å². The summed E-state index contributed by atoms with van der Waals surface area (Å²) in [5.74, 6) is 0. The van der Waals surface area contributed by atoms with Crippen LogP contribution < -0.4 is 0 Å². The van der Waals surface area contributed by atoms with Crippen molar-refractivity contribution in [3.63, 3.8) is 0 Å². The minimum Gasteiger partial charge on any atom is -0.314 e. The molecule has 0 aromatic heterocycles. The van der Waals surface area contributed by atoms with Crippen LogP contribution in [-0.4, -0.2) is 61.9 Å². The molecule has 0 saturated carbocycles. The first-order chi connectivity index (χ1) is 11.4. The second-order valence-electron chi connectivity index (χ2n) is 5.76. The van der Waals surface area contributed by atoms with Crippen LogP contribution in [0.4, 0.5) is 35.1 Å². The van der Waals surface area contributed by atoms with E-state index in [4.69, 9.17) is 9.11 Å². The van der Waals surface area contributed by atoms with Gasteiger partial charge in [-0.1, -0.05) is 13.8 Å². The largest absolute Gasteiger partial charge is 0.459 e. The number of hydrogen-bond donors (Lipinski definition) is 2. The number of halogens is 8. The second kappa shape index (κ2) is 7.21. The van der Waals surface area contributed by atoms with Crippen molar-refractivity contribution in [3.8, 4) is 0 Å². The lowest BCUT2D eigenvalue weighted by molar-refractivity contribution is -0.342. The summed E-state index contributed by atoms with van der Waals surface area (Å²) in [7, 11) is -13.3. The molecule has 18 heteroatoms. The van der Waals surface area contributed by atoms with E-state index in [1.54, 1.807) is 0 Å². The van der Waals surface area contributed by atoms with Gasteiger partial charge in [0.25, 0.3) is 0 Å². The molecule has 0 unspecified atom stereocenters. The lowest BCUT2D eigenvalue weighted by Crippen LogP contribution is -2.51. The predicted octanol–water partition coefficient (Wildman–Crippen LogP) is 2.19. The Morgan fingerprint density at radius 3 is 1.07 bits per heavy atom. The normalized spacial score (nSPS) is 15.9. The number of rotatable bonds is 10. The zero-order valence-electron chi connectivity index (χ0n) is 13.1. The molecule has 0 bridgehead atoms. The standard InChI is InChI=1S/C9H12F8O8S2/c1-5(2,3-24-6(10,11)8(14,15)26(18,19)20)4-25-7(12,13)9(16,17)27(21,22)23/h3-4H2,1-2H3,(H,18,19,20)(H,21,22,23). The van der Waals surface area contributed by atoms with Gasteiger partial charge in [-0.25, -0.2) is 0 Å². The highest BCUT2D eigenvalue weighted by Gasteiger charge is 2.69. The van der Waals surface area contributed by atoms with Crippen LogP contribution in [0.25, 0.3) is 0 Å². The predicted molar refractivity (Wildman–Crippen MR) is 68.6 cm³/mol. The fraction of sp³-hybridized carbons (Fsp3) is 1.00. The molecule has 0 heterocycles. The highest BCUT2D eigenvalue weighted by Crippen LogP contribution is 2.42. The summed E-state index contributed by atoms with van der Waals surface area (Å²) < 4.78 is 168. The smallest absolute Gasteiger partial charge is 0.314 e. The summed E-state index contributed by atoms with van der Waals surface area (Å²) in [5, 5.41) is -12.3. The highest BCUT2D eigenvalue weighted by atomic mass is 32.2. The molecule has 0 atom stereocenters. The molecule has 0 radical (unpaired) electrons. The summed E-state index contributed by atoms with van der Waals surface area (Å²) in [4.78, 5) is 0. The highest BCUT2D eigenvalue weighted by molar-refractivity contribution is 7.87. The Bertz CT molecular complexity index is 684. The van der Waals surface area contributed by atoms with Gasteiger partial charge in [-0.2, -0.15) is 52.0 Å². The maximum absolute atomic E-state index is 13.1. The summed E-state index contributed by atoms with van der Waals surface area (Å²) >= 11 is 0. The van der Waals surface area contributed by atoms with Gasteiger partial charge in [-0.15, -0.1) is 0 Å². The van der Waals surface area contributed by atoms with Crippen LogP contribution in [0.5, 0.6) is 0 Å². The van der Waals surface area contributed by atoms with E-state index in [2.05, 4.69) is 9.47 Å². The van der Waals surface area contributed by atoms with Crippen molar-refractivity contribution in [1.82, 2.24) is 0 Å². The molecule has 164 valence electrons. The maximum atomic E-state index is 13.1. The molecule has 0 spiro atoms. The average Bonchev–Trinajstić information content (AvgIpc) is 2.41. The Kier molecular flexibility index (Phi) is 6.99. The van der Waals surface area contributed by atoms with Gasteiger partial charge in [0, 0.05) is 5.41 Å². The number of hydrogen-bond acceptors (Lipinski definition) is 6. The van der Waals surface area contributed by atoms with Crippen LogP contribution in [0.2, 0.25) is 0 Å². The van der Waals surface area contributed by atoms with E-state index < -0.39 is 61.6 Å². The molecule has 0 aromatic rings. The quantitative estimate of drug-likeness (QED) is 0.372. The fourth-order valence-electron chi connectivity index (χ4n) is 1.08. The van der Waals surface area contributed by atoms with Crippen LogP contribution in [0.15, 0.2) is 0 Å². The molecule has 0 saturated heterocycles. The molecule has 0 aromatic carbocycles. The third kappa shape index (κ3) is 5.59. The van der Waals surface area contributed by atoms with Crippen molar-refractivity contribution >= 4 is 20.2 Å². The Labute approximate surface area is 146 Å². The van der Waals surface area contributed by atoms with E-state index in [9.17, 15) is 52.0 Å². The number of alkyl halides is 8. The van der Waals surface area contributed by atoms with Gasteiger partial charge in [0.15, 0.2) is 0 Å². The first-order valence-corrected chi connectivity index (χ1v) is 9.02. The van der Waals surface area contributed by atoms with Gasteiger partial charge < -0.3 is 9.47 Å². The molecule has 0 rings (SSSR count). The summed E-state index contributed by atoms with van der Waals surface area (Å²) in [5.41, 5.74) is -2.22. The zero-order valence-corrected chi connectivity index (χ0v) is 14.7. The Morgan fingerprint density at radius 2 is 0.889 bits per heavy atom. The van der Waals surface area contributed by atoms with Gasteiger partial charge in [0.1, 0.15) is 0 Å². The first-order valence-electron chi connectivity index (χ1n) is 6.14. The minimum absolute atomic E-state index is 0.663. The third-order valence-corrected chi connectivity index (χ3v) is 4.39. The zero-order chi connectivity index (χ0) is 22.3. The fourth-order valence-corrected chi connectivity index (χ4v) is 1.80. The molecule has 8 nitrogen and oxygen atoms in total. The molecule has 0 aliphatic heterocycles. The molecule has 0 aliphatic rings. The topological polar surface area (TPSA) is 127 Å². The van der Waals surface area contributed by atoms with Gasteiger partial charge in [-0.3, -0.25) is 9.11 Å². The van der Waals surface area contributed by atoms with Crippen molar-refractivity contribution in [1.29, 1.82) is 0 Å². The van der Waals surface area contributed by atoms with Crippen LogP contribution in [0.1, 0.15) is 13.8 Å². The van der Waals surface area contributed by atoms with Crippen molar-refractivity contribution in [2.75, 3.05) is 13.2 Å². The van der Waals surface area contributed by atoms with E-state index >= 15 is 0 Å². The van der Waals surface area contributed by atoms with Crippen LogP contribution in [0.3, 0.4) is 0 Å². The van der Waals surface area contributed by atoms with Gasteiger partial charge in [0.2, 0.25) is 0 Å². The maximum Gasteiger partial charge on any atom is 0.459 e. The lowest BCUT2D eigenvalue weighted by Gasteiger charge is -2.31. The first kappa shape index (κ1) is 26.2. The molecular weight excluding hydrogens is 452 g/mol. The van der Waals surface area contributed by atoms with Crippen LogP contribution in [0, 0.1) is 5.41 Å². The van der Waals surface area contributed by atoms with Crippen molar-refractivity contribution < 1.29 is 70.5 Å². The van der Waals surface area contributed by atoms with Crippen molar-refractivity contribution in [2.45, 2.75) is 36.6 Å². The third-order valence-electron chi connectivity index (χ3n) is 2.61. The SMILES string of the molecule is CC(C)(COC(F)(F)C(F)(F)S(=O)(=O)O)COC(F)(F)C(F)(F)S(=O)(=O)O. The van der Waals surface area contributed by atoms with E-state index in [0.717, 1.165) is 0 Å². The Balaban J connectivity index is 5.23. The van der Waals surface area contributed by atoms with Crippen molar-refractivity contribution in [2.24, 2.45) is 5.41 Å². The van der Waals surface area contributed by atoms with E-state index in [1.807, 2.05) is 0 Å². The summed E-state index contributed by atoms with van der Waals surface area (Å²) in [6.45, 7) is -2.09. The molecule has 0 amide bonds. The summed E-state index contributed by atoms with van der Waals surface area (Å²) in [6, 6.07) is 0. The van der Waals surface area contributed by atoms with Gasteiger partial charge in [-0.05, 0) is 0 Å².